The zero-order chi connectivity index (χ0) is 12.0. The van der Waals surface area contributed by atoms with Gasteiger partial charge < -0.3 is 5.73 Å². The number of rotatable bonds is 6. The van der Waals surface area contributed by atoms with E-state index in [1.54, 1.807) is 0 Å². The third-order valence-electron chi connectivity index (χ3n) is 3.17. The summed E-state index contributed by atoms with van der Waals surface area (Å²) < 4.78 is 0. The van der Waals surface area contributed by atoms with Crippen LogP contribution in [0, 0.1) is 0 Å². The summed E-state index contributed by atoms with van der Waals surface area (Å²) in [5, 5.41) is 0. The van der Waals surface area contributed by atoms with E-state index in [1.165, 1.54) is 0 Å². The fraction of sp³-hybridized carbons (Fsp3) is 0.615. The largest absolute Gasteiger partial charge is 0.329 e. The molecule has 0 aromatic carbocycles. The maximum Gasteiger partial charge on any atom is 0.0646 e. The Morgan fingerprint density at radius 2 is 2.12 bits per heavy atom. The van der Waals surface area contributed by atoms with Gasteiger partial charge in [-0.2, -0.15) is 0 Å². The van der Waals surface area contributed by atoms with Crippen LogP contribution in [-0.2, 0) is 0 Å². The minimum absolute atomic E-state index is 0.237. The number of aromatic nitrogens is 1. The minimum Gasteiger partial charge on any atom is -0.329 e. The molecule has 0 saturated heterocycles. The molecule has 0 bridgehead atoms. The van der Waals surface area contributed by atoms with Crippen molar-refractivity contribution in [2.24, 2.45) is 5.73 Å². The maximum atomic E-state index is 5.89. The molecule has 2 unspecified atom stereocenters. The van der Waals surface area contributed by atoms with Crippen molar-refractivity contribution in [3.05, 3.63) is 30.1 Å². The maximum absolute atomic E-state index is 5.89. The van der Waals surface area contributed by atoms with Crippen LogP contribution in [0.15, 0.2) is 24.4 Å². The van der Waals surface area contributed by atoms with Crippen LogP contribution < -0.4 is 5.73 Å². The van der Waals surface area contributed by atoms with Crippen LogP contribution in [0.25, 0.3) is 0 Å². The second-order valence-corrected chi connectivity index (χ2v) is 4.09. The van der Waals surface area contributed by atoms with E-state index in [-0.39, 0.29) is 6.04 Å². The van der Waals surface area contributed by atoms with Gasteiger partial charge in [0, 0.05) is 18.8 Å². The van der Waals surface area contributed by atoms with Crippen LogP contribution >= 0.6 is 0 Å². The lowest BCUT2D eigenvalue weighted by Crippen LogP contribution is -2.40. The van der Waals surface area contributed by atoms with E-state index in [0.717, 1.165) is 18.7 Å². The number of nitrogens with zero attached hydrogens (tertiary/aromatic N) is 2. The Bertz CT molecular complexity index is 286. The molecule has 0 radical (unpaired) electrons. The van der Waals surface area contributed by atoms with Gasteiger partial charge in [-0.05, 0) is 32.0 Å². The molecule has 2 atom stereocenters. The monoisotopic (exact) mass is 221 g/mol. The lowest BCUT2D eigenvalue weighted by molar-refractivity contribution is 0.149. The summed E-state index contributed by atoms with van der Waals surface area (Å²) in [6.45, 7) is 8.26. The van der Waals surface area contributed by atoms with Gasteiger partial charge in [-0.25, -0.2) is 0 Å². The highest BCUT2D eigenvalue weighted by Gasteiger charge is 2.22. The Kier molecular flexibility index (Phi) is 5.43. The highest BCUT2D eigenvalue weighted by molar-refractivity contribution is 5.09. The smallest absolute Gasteiger partial charge is 0.0646 e. The van der Waals surface area contributed by atoms with Gasteiger partial charge in [0.1, 0.15) is 0 Å². The summed E-state index contributed by atoms with van der Waals surface area (Å²) in [7, 11) is 0. The van der Waals surface area contributed by atoms with Gasteiger partial charge in [-0.3, -0.25) is 9.88 Å². The van der Waals surface area contributed by atoms with E-state index in [0.29, 0.717) is 12.6 Å². The highest BCUT2D eigenvalue weighted by atomic mass is 15.2. The Balaban J connectivity index is 2.87. The van der Waals surface area contributed by atoms with Crippen LogP contribution in [0.3, 0.4) is 0 Å². The number of pyridine rings is 1. The second-order valence-electron chi connectivity index (χ2n) is 4.09. The normalized spacial score (nSPS) is 15.1. The Labute approximate surface area is 98.7 Å². The molecule has 0 saturated carbocycles. The number of nitrogens with two attached hydrogens (primary N) is 1. The van der Waals surface area contributed by atoms with Gasteiger partial charge in [0.05, 0.1) is 11.7 Å². The topological polar surface area (TPSA) is 42.1 Å². The average Bonchev–Trinajstić information content (AvgIpc) is 2.36. The average molecular weight is 221 g/mol. The third-order valence-corrected chi connectivity index (χ3v) is 3.17. The molecule has 0 aliphatic carbocycles. The van der Waals surface area contributed by atoms with E-state index in [4.69, 9.17) is 5.73 Å². The van der Waals surface area contributed by atoms with Crippen molar-refractivity contribution < 1.29 is 0 Å². The molecule has 0 spiro atoms. The second kappa shape index (κ2) is 6.61. The first-order valence-electron chi connectivity index (χ1n) is 6.11. The van der Waals surface area contributed by atoms with Crippen LogP contribution in [0.4, 0.5) is 0 Å². The summed E-state index contributed by atoms with van der Waals surface area (Å²) in [6.07, 6.45) is 2.97. The molecule has 3 nitrogen and oxygen atoms in total. The summed E-state index contributed by atoms with van der Waals surface area (Å²) in [5.41, 5.74) is 6.97. The van der Waals surface area contributed by atoms with Crippen LogP contribution in [0.2, 0.25) is 0 Å². The van der Waals surface area contributed by atoms with Crippen LogP contribution in [0.5, 0.6) is 0 Å². The minimum atomic E-state index is 0.237. The van der Waals surface area contributed by atoms with E-state index < -0.39 is 0 Å². The summed E-state index contributed by atoms with van der Waals surface area (Å²) in [4.78, 5) is 6.83. The standard InChI is InChI=1S/C13H23N3/c1-4-11(3)16(5-2)13(10-14)12-8-6-7-9-15-12/h6-9,11,13H,4-5,10,14H2,1-3H3. The SMILES string of the molecule is CCC(C)N(CC)C(CN)c1ccccn1. The molecule has 16 heavy (non-hydrogen) atoms. The first kappa shape index (κ1) is 13.1. The number of hydrogen-bond acceptors (Lipinski definition) is 3. The molecular weight excluding hydrogens is 198 g/mol. The summed E-state index contributed by atoms with van der Waals surface area (Å²) >= 11 is 0. The molecular formula is C13H23N3. The van der Waals surface area contributed by atoms with Crippen molar-refractivity contribution in [3.63, 3.8) is 0 Å². The summed E-state index contributed by atoms with van der Waals surface area (Å²) in [6, 6.07) is 6.80. The highest BCUT2D eigenvalue weighted by Crippen LogP contribution is 2.20. The number of likely N-dealkylation sites (N-methyl/N-ethyl adjacent to an activating group) is 1. The molecule has 0 fully saturated rings. The molecule has 3 heteroatoms. The Hall–Kier alpha value is -0.930. The lowest BCUT2D eigenvalue weighted by atomic mass is 10.1. The molecule has 90 valence electrons. The molecule has 0 amide bonds. The molecule has 2 N–H and O–H groups in total. The predicted molar refractivity (Wildman–Crippen MR) is 68.2 cm³/mol. The Morgan fingerprint density at radius 1 is 1.38 bits per heavy atom. The van der Waals surface area contributed by atoms with Gasteiger partial charge in [-0.15, -0.1) is 0 Å². The van der Waals surface area contributed by atoms with Crippen molar-refractivity contribution in [1.29, 1.82) is 0 Å². The third kappa shape index (κ3) is 3.03. The Morgan fingerprint density at radius 3 is 2.56 bits per heavy atom. The van der Waals surface area contributed by atoms with E-state index in [1.807, 2.05) is 18.3 Å². The van der Waals surface area contributed by atoms with Crippen molar-refractivity contribution in [3.8, 4) is 0 Å². The van der Waals surface area contributed by atoms with Crippen LogP contribution in [0.1, 0.15) is 38.9 Å². The summed E-state index contributed by atoms with van der Waals surface area (Å²) in [5.74, 6) is 0. The number of hydrogen-bond donors (Lipinski definition) is 1. The van der Waals surface area contributed by atoms with Crippen molar-refractivity contribution >= 4 is 0 Å². The van der Waals surface area contributed by atoms with Crippen molar-refractivity contribution in [2.45, 2.75) is 39.3 Å². The van der Waals surface area contributed by atoms with Gasteiger partial charge >= 0.3 is 0 Å². The van der Waals surface area contributed by atoms with Gasteiger partial charge in [0.15, 0.2) is 0 Å². The molecule has 0 aliphatic heterocycles. The van der Waals surface area contributed by atoms with E-state index in [9.17, 15) is 0 Å². The quantitative estimate of drug-likeness (QED) is 0.800. The van der Waals surface area contributed by atoms with E-state index >= 15 is 0 Å². The van der Waals surface area contributed by atoms with Gasteiger partial charge in [-0.1, -0.05) is 19.9 Å². The zero-order valence-corrected chi connectivity index (χ0v) is 10.6. The first-order chi connectivity index (χ1) is 7.74. The van der Waals surface area contributed by atoms with Crippen molar-refractivity contribution in [2.75, 3.05) is 13.1 Å². The predicted octanol–water partition coefficient (Wildman–Crippen LogP) is 2.20. The fourth-order valence-electron chi connectivity index (χ4n) is 2.07. The first-order valence-corrected chi connectivity index (χ1v) is 6.11. The zero-order valence-electron chi connectivity index (χ0n) is 10.6. The van der Waals surface area contributed by atoms with Crippen LogP contribution in [-0.4, -0.2) is 29.0 Å². The van der Waals surface area contributed by atoms with Gasteiger partial charge in [0.25, 0.3) is 0 Å². The molecule has 1 aromatic rings. The molecule has 1 heterocycles. The van der Waals surface area contributed by atoms with Crippen molar-refractivity contribution in [1.82, 2.24) is 9.88 Å². The van der Waals surface area contributed by atoms with E-state index in [2.05, 4.69) is 36.7 Å². The molecule has 1 aromatic heterocycles. The molecule has 0 aliphatic rings. The fourth-order valence-corrected chi connectivity index (χ4v) is 2.07. The molecule has 1 rings (SSSR count). The van der Waals surface area contributed by atoms with Gasteiger partial charge in [0.2, 0.25) is 0 Å². The lowest BCUT2D eigenvalue weighted by Gasteiger charge is -2.34.